The van der Waals surface area contributed by atoms with E-state index in [4.69, 9.17) is 33.9 Å². The lowest BCUT2D eigenvalue weighted by Gasteiger charge is -2.14. The van der Waals surface area contributed by atoms with Gasteiger partial charge in [-0.25, -0.2) is 4.98 Å². The second-order valence-electron chi connectivity index (χ2n) is 6.33. The molecule has 0 radical (unpaired) electrons. The van der Waals surface area contributed by atoms with Gasteiger partial charge in [-0.2, -0.15) is 0 Å². The van der Waals surface area contributed by atoms with Gasteiger partial charge in [0, 0.05) is 21.2 Å². The summed E-state index contributed by atoms with van der Waals surface area (Å²) in [4.78, 5) is 21.5. The molecule has 3 aromatic rings. The number of hydrogen-bond donors (Lipinski definition) is 1. The van der Waals surface area contributed by atoms with Crippen molar-refractivity contribution < 1.29 is 4.79 Å². The number of benzene rings is 2. The summed E-state index contributed by atoms with van der Waals surface area (Å²) in [6.45, 7) is 1.91. The Morgan fingerprint density at radius 3 is 2.61 bits per heavy atom. The van der Waals surface area contributed by atoms with Crippen molar-refractivity contribution in [2.45, 2.75) is 18.1 Å². The highest BCUT2D eigenvalue weighted by Gasteiger charge is 2.31. The molecule has 1 aromatic heterocycles. The van der Waals surface area contributed by atoms with Crippen molar-refractivity contribution in [2.75, 3.05) is 6.26 Å². The smallest absolute Gasteiger partial charge is 0.269 e. The molecule has 1 unspecified atom stereocenters. The summed E-state index contributed by atoms with van der Waals surface area (Å²) in [7, 11) is 0. The first kappa shape index (κ1) is 19.1. The molecule has 0 saturated carbocycles. The van der Waals surface area contributed by atoms with E-state index in [-0.39, 0.29) is 11.7 Å². The number of imidazole rings is 1. The highest BCUT2D eigenvalue weighted by molar-refractivity contribution is 7.98. The van der Waals surface area contributed by atoms with Gasteiger partial charge in [-0.15, -0.1) is 0 Å². The molecule has 2 heterocycles. The normalized spacial score (nSPS) is 15.4. The minimum atomic E-state index is -0.581. The van der Waals surface area contributed by atoms with E-state index in [1.165, 1.54) is 11.8 Å². The van der Waals surface area contributed by atoms with Crippen LogP contribution in [0, 0.1) is 0 Å². The molecule has 8 heteroatoms. The number of fused-ring (bicyclic) bond motifs is 3. The fourth-order valence-electron chi connectivity index (χ4n) is 3.43. The molecule has 28 heavy (non-hydrogen) atoms. The van der Waals surface area contributed by atoms with Crippen LogP contribution in [0.3, 0.4) is 0 Å². The Balaban J connectivity index is 2.11. The predicted octanol–water partition coefficient (Wildman–Crippen LogP) is 4.91. The van der Waals surface area contributed by atoms with Crippen molar-refractivity contribution in [3.63, 3.8) is 0 Å². The van der Waals surface area contributed by atoms with Crippen LogP contribution >= 0.6 is 35.0 Å². The molecule has 5 nitrogen and oxygen atoms in total. The van der Waals surface area contributed by atoms with E-state index >= 15 is 0 Å². The minimum Gasteiger partial charge on any atom is -0.364 e. The molecule has 0 bridgehead atoms. The van der Waals surface area contributed by atoms with Crippen molar-refractivity contribution >= 4 is 46.6 Å². The average molecular weight is 431 g/mol. The number of amides is 1. The number of nitrogens with two attached hydrogens (primary N) is 1. The Hall–Kier alpha value is -2.28. The maximum atomic E-state index is 12.1. The average Bonchev–Trinajstić information content (AvgIpc) is 3.01. The van der Waals surface area contributed by atoms with Crippen LogP contribution in [0.25, 0.3) is 5.69 Å². The number of carbonyl (C=O) groups is 1. The molecule has 0 aliphatic carbocycles. The zero-order chi connectivity index (χ0) is 20.0. The first-order valence-electron chi connectivity index (χ1n) is 8.51. The van der Waals surface area contributed by atoms with Crippen molar-refractivity contribution in [3.8, 4) is 5.69 Å². The molecular formula is C20H16Cl2N4OS. The van der Waals surface area contributed by atoms with Gasteiger partial charge >= 0.3 is 0 Å². The van der Waals surface area contributed by atoms with Gasteiger partial charge in [0.15, 0.2) is 10.9 Å². The van der Waals surface area contributed by atoms with Gasteiger partial charge in [-0.1, -0.05) is 53.2 Å². The van der Waals surface area contributed by atoms with E-state index in [0.717, 1.165) is 16.8 Å². The molecule has 0 fully saturated rings. The lowest BCUT2D eigenvalue weighted by molar-refractivity contribution is 0.0994. The van der Waals surface area contributed by atoms with Crippen LogP contribution in [0.15, 0.2) is 52.6 Å². The van der Waals surface area contributed by atoms with E-state index in [2.05, 4.69) is 4.98 Å². The van der Waals surface area contributed by atoms with Crippen molar-refractivity contribution in [1.29, 1.82) is 0 Å². The number of nitrogens with zero attached hydrogens (tertiary/aromatic N) is 3. The third-order valence-electron chi connectivity index (χ3n) is 4.60. The van der Waals surface area contributed by atoms with Crippen LogP contribution in [-0.2, 0) is 0 Å². The number of thioether (sulfide) groups is 1. The summed E-state index contributed by atoms with van der Waals surface area (Å²) >= 11 is 14.2. The molecule has 0 saturated heterocycles. The Labute approximate surface area is 176 Å². The van der Waals surface area contributed by atoms with Crippen molar-refractivity contribution in [1.82, 2.24) is 9.55 Å². The lowest BCUT2D eigenvalue weighted by atomic mass is 10.0. The SMILES string of the molecule is CSc1nc(C(N)=O)c2n1-c1ccc(Cl)cc1C(c1ccccc1Cl)=NC2C. The van der Waals surface area contributed by atoms with Crippen LogP contribution in [0.5, 0.6) is 0 Å². The molecule has 4 rings (SSSR count). The maximum absolute atomic E-state index is 12.1. The number of hydrogen-bond acceptors (Lipinski definition) is 4. The van der Waals surface area contributed by atoms with Gasteiger partial charge in [-0.05, 0) is 37.4 Å². The molecule has 1 amide bonds. The monoisotopic (exact) mass is 430 g/mol. The van der Waals surface area contributed by atoms with Crippen LogP contribution in [-0.4, -0.2) is 27.4 Å². The third-order valence-corrected chi connectivity index (χ3v) is 5.80. The van der Waals surface area contributed by atoms with E-state index in [9.17, 15) is 4.79 Å². The fraction of sp³-hybridized carbons (Fsp3) is 0.150. The summed E-state index contributed by atoms with van der Waals surface area (Å²) in [6.07, 6.45) is 1.90. The largest absolute Gasteiger partial charge is 0.364 e. The van der Waals surface area contributed by atoms with Gasteiger partial charge in [0.1, 0.15) is 0 Å². The molecule has 2 aromatic carbocycles. The summed E-state index contributed by atoms with van der Waals surface area (Å²) in [6, 6.07) is 12.7. The lowest BCUT2D eigenvalue weighted by Crippen LogP contribution is -2.15. The van der Waals surface area contributed by atoms with Gasteiger partial charge < -0.3 is 5.73 Å². The molecule has 2 N–H and O–H groups in total. The van der Waals surface area contributed by atoms with E-state index in [0.29, 0.717) is 26.6 Å². The Morgan fingerprint density at radius 2 is 1.93 bits per heavy atom. The second-order valence-corrected chi connectivity index (χ2v) is 7.94. The van der Waals surface area contributed by atoms with Crippen molar-refractivity contribution in [3.05, 3.63) is 75.0 Å². The fourth-order valence-corrected chi connectivity index (χ4v) is 4.39. The first-order valence-corrected chi connectivity index (χ1v) is 10.5. The van der Waals surface area contributed by atoms with Gasteiger partial charge in [0.2, 0.25) is 0 Å². The third kappa shape index (κ3) is 3.02. The molecule has 1 aliphatic rings. The van der Waals surface area contributed by atoms with Gasteiger partial charge in [0.25, 0.3) is 5.91 Å². The Bertz CT molecular complexity index is 1140. The van der Waals surface area contributed by atoms with Gasteiger partial charge in [-0.3, -0.25) is 14.4 Å². The zero-order valence-corrected chi connectivity index (χ0v) is 17.4. The van der Waals surface area contributed by atoms with Crippen LogP contribution in [0.2, 0.25) is 10.0 Å². The molecular weight excluding hydrogens is 415 g/mol. The Morgan fingerprint density at radius 1 is 1.18 bits per heavy atom. The van der Waals surface area contributed by atoms with Gasteiger partial charge in [0.05, 0.1) is 23.1 Å². The second kappa shape index (κ2) is 7.28. The van der Waals surface area contributed by atoms with Crippen LogP contribution < -0.4 is 5.73 Å². The summed E-state index contributed by atoms with van der Waals surface area (Å²) in [5.41, 5.74) is 9.64. The number of halogens is 2. The highest BCUT2D eigenvalue weighted by atomic mass is 35.5. The molecule has 0 spiro atoms. The molecule has 1 aliphatic heterocycles. The van der Waals surface area contributed by atoms with Crippen molar-refractivity contribution in [2.24, 2.45) is 10.7 Å². The van der Waals surface area contributed by atoms with Crippen LogP contribution in [0.1, 0.15) is 40.3 Å². The van der Waals surface area contributed by atoms with E-state index in [1.807, 2.05) is 54.1 Å². The maximum Gasteiger partial charge on any atom is 0.269 e. The molecule has 1 atom stereocenters. The number of primary amides is 1. The number of carbonyl (C=O) groups excluding carboxylic acids is 1. The zero-order valence-electron chi connectivity index (χ0n) is 15.1. The standard InChI is InChI=1S/C20H16Cl2N4OS/c1-10-18-17(19(23)27)25-20(28-2)26(18)15-8-7-11(21)9-13(15)16(24-10)12-5-3-4-6-14(12)22/h3-10H,1-2H3,(H2,23,27). The van der Waals surface area contributed by atoms with E-state index < -0.39 is 5.91 Å². The number of rotatable bonds is 3. The highest BCUT2D eigenvalue weighted by Crippen LogP contribution is 2.37. The minimum absolute atomic E-state index is 0.224. The Kier molecular flexibility index (Phi) is 4.95. The topological polar surface area (TPSA) is 73.3 Å². The van der Waals surface area contributed by atoms with E-state index in [1.54, 1.807) is 6.07 Å². The summed E-state index contributed by atoms with van der Waals surface area (Å²) < 4.78 is 1.94. The quantitative estimate of drug-likeness (QED) is 0.599. The summed E-state index contributed by atoms with van der Waals surface area (Å²) in [5, 5.41) is 1.83. The van der Waals surface area contributed by atoms with Crippen LogP contribution in [0.4, 0.5) is 0 Å². The summed E-state index contributed by atoms with van der Waals surface area (Å²) in [5.74, 6) is -0.581. The molecule has 142 valence electrons. The number of aromatic nitrogens is 2. The first-order chi connectivity index (χ1) is 13.4. The predicted molar refractivity (Wildman–Crippen MR) is 114 cm³/mol. The number of aliphatic imine (C=N–C) groups is 1.